The summed E-state index contributed by atoms with van der Waals surface area (Å²) in [5.41, 5.74) is 2.81. The topological polar surface area (TPSA) is 81.8 Å². The van der Waals surface area contributed by atoms with Crippen molar-refractivity contribution < 1.29 is 14.4 Å². The lowest BCUT2D eigenvalue weighted by atomic mass is 9.92. The summed E-state index contributed by atoms with van der Waals surface area (Å²) in [7, 11) is 1.77. The van der Waals surface area contributed by atoms with Gasteiger partial charge >= 0.3 is 6.03 Å². The molecule has 0 bridgehead atoms. The molecule has 1 atom stereocenters. The lowest BCUT2D eigenvalue weighted by molar-refractivity contribution is -0.139. The zero-order valence-electron chi connectivity index (χ0n) is 15.6. The highest BCUT2D eigenvalue weighted by atomic mass is 35.5. The lowest BCUT2D eigenvalue weighted by Gasteiger charge is -2.22. The fourth-order valence-electron chi connectivity index (χ4n) is 3.07. The van der Waals surface area contributed by atoms with Gasteiger partial charge in [0.1, 0.15) is 5.54 Å². The summed E-state index contributed by atoms with van der Waals surface area (Å²) in [4.78, 5) is 39.2. The molecule has 0 aliphatic carbocycles. The molecule has 0 radical (unpaired) electrons. The van der Waals surface area contributed by atoms with E-state index in [0.717, 1.165) is 10.6 Å². The van der Waals surface area contributed by atoms with E-state index in [4.69, 9.17) is 11.6 Å². The zero-order chi connectivity index (χ0) is 20.3. The van der Waals surface area contributed by atoms with Gasteiger partial charge in [0.25, 0.3) is 11.8 Å². The Bertz CT molecular complexity index is 888. The van der Waals surface area contributed by atoms with Crippen molar-refractivity contribution in [3.05, 3.63) is 70.7 Å². The largest absolute Gasteiger partial charge is 0.344 e. The Balaban J connectivity index is 1.61. The smallest absolute Gasteiger partial charge is 0.318 e. The molecule has 28 heavy (non-hydrogen) atoms. The van der Waals surface area contributed by atoms with E-state index in [-0.39, 0.29) is 6.54 Å². The van der Waals surface area contributed by atoms with Crippen LogP contribution in [0.5, 0.6) is 0 Å². The fourth-order valence-corrected chi connectivity index (χ4v) is 3.20. The van der Waals surface area contributed by atoms with E-state index < -0.39 is 23.4 Å². The number of likely N-dealkylation sites (N-methyl/N-ethyl adjacent to an activating group) is 1. The zero-order valence-corrected chi connectivity index (χ0v) is 16.4. The number of benzene rings is 2. The Labute approximate surface area is 168 Å². The molecule has 1 fully saturated rings. The van der Waals surface area contributed by atoms with Crippen LogP contribution < -0.4 is 10.7 Å². The monoisotopic (exact) mass is 400 g/mol. The van der Waals surface area contributed by atoms with Crippen LogP contribution in [-0.2, 0) is 21.7 Å². The third-order valence-corrected chi connectivity index (χ3v) is 4.81. The van der Waals surface area contributed by atoms with E-state index in [1.165, 1.54) is 0 Å². The highest BCUT2D eigenvalue weighted by Gasteiger charge is 2.49. The van der Waals surface area contributed by atoms with Crippen molar-refractivity contribution in [3.8, 4) is 0 Å². The van der Waals surface area contributed by atoms with Gasteiger partial charge in [0, 0.05) is 11.6 Å². The van der Waals surface area contributed by atoms with Gasteiger partial charge < -0.3 is 5.32 Å². The van der Waals surface area contributed by atoms with E-state index >= 15 is 0 Å². The first-order valence-corrected chi connectivity index (χ1v) is 9.12. The van der Waals surface area contributed by atoms with Crippen molar-refractivity contribution in [2.24, 2.45) is 0 Å². The van der Waals surface area contributed by atoms with Gasteiger partial charge in [0.2, 0.25) is 0 Å². The number of nitrogens with zero attached hydrogens (tertiary/aromatic N) is 2. The Kier molecular flexibility index (Phi) is 5.67. The fraction of sp³-hybridized carbons (Fsp3) is 0.250. The second-order valence-electron chi connectivity index (χ2n) is 6.90. The highest BCUT2D eigenvalue weighted by Crippen LogP contribution is 2.27. The summed E-state index contributed by atoms with van der Waals surface area (Å²) in [5.74, 6) is -0.991. The predicted molar refractivity (Wildman–Crippen MR) is 105 cm³/mol. The van der Waals surface area contributed by atoms with Crippen LogP contribution in [0.2, 0.25) is 5.02 Å². The quantitative estimate of drug-likeness (QED) is 0.729. The predicted octanol–water partition coefficient (Wildman–Crippen LogP) is 2.27. The number of halogens is 1. The molecule has 1 aliphatic heterocycles. The van der Waals surface area contributed by atoms with Crippen molar-refractivity contribution in [2.75, 3.05) is 13.6 Å². The summed E-state index contributed by atoms with van der Waals surface area (Å²) in [6.07, 6.45) is 0. The molecule has 3 rings (SSSR count). The molecule has 7 nitrogen and oxygen atoms in total. The Morgan fingerprint density at radius 3 is 2.43 bits per heavy atom. The molecule has 4 amide bonds. The molecule has 0 spiro atoms. The molecular weight excluding hydrogens is 380 g/mol. The van der Waals surface area contributed by atoms with Crippen LogP contribution in [0.3, 0.4) is 0 Å². The van der Waals surface area contributed by atoms with E-state index in [1.807, 2.05) is 18.2 Å². The van der Waals surface area contributed by atoms with Gasteiger partial charge in [-0.05, 0) is 37.2 Å². The molecule has 2 aromatic rings. The second kappa shape index (κ2) is 8.00. The number of hydrazine groups is 1. The average Bonchev–Trinajstić information content (AvgIpc) is 2.88. The number of hydrogen-bond acceptors (Lipinski definition) is 4. The maximum absolute atomic E-state index is 12.8. The van der Waals surface area contributed by atoms with E-state index in [2.05, 4.69) is 10.7 Å². The van der Waals surface area contributed by atoms with Gasteiger partial charge in [0.05, 0.1) is 6.54 Å². The molecule has 1 heterocycles. The third-order valence-electron chi connectivity index (χ3n) is 4.56. The van der Waals surface area contributed by atoms with Crippen LogP contribution >= 0.6 is 11.6 Å². The molecule has 146 valence electrons. The van der Waals surface area contributed by atoms with Crippen molar-refractivity contribution in [2.45, 2.75) is 19.0 Å². The number of carbonyl (C=O) groups excluding carboxylic acids is 3. The normalized spacial score (nSPS) is 19.1. The van der Waals surface area contributed by atoms with Crippen molar-refractivity contribution in [3.63, 3.8) is 0 Å². The van der Waals surface area contributed by atoms with Gasteiger partial charge in [-0.3, -0.25) is 19.9 Å². The van der Waals surface area contributed by atoms with Gasteiger partial charge in [0.15, 0.2) is 0 Å². The summed E-state index contributed by atoms with van der Waals surface area (Å²) in [6, 6.07) is 15.5. The summed E-state index contributed by atoms with van der Waals surface area (Å²) >= 11 is 5.87. The molecule has 0 unspecified atom stereocenters. The maximum atomic E-state index is 12.8. The van der Waals surface area contributed by atoms with Crippen LogP contribution in [0.1, 0.15) is 18.1 Å². The average molecular weight is 401 g/mol. The Morgan fingerprint density at radius 2 is 1.79 bits per heavy atom. The lowest BCUT2D eigenvalue weighted by Crippen LogP contribution is -2.50. The summed E-state index contributed by atoms with van der Waals surface area (Å²) in [5, 5.41) is 4.03. The van der Waals surface area contributed by atoms with Crippen molar-refractivity contribution in [1.29, 1.82) is 0 Å². The number of imide groups is 1. The number of urea groups is 1. The first-order valence-electron chi connectivity index (χ1n) is 8.74. The summed E-state index contributed by atoms with van der Waals surface area (Å²) < 4.78 is 0. The van der Waals surface area contributed by atoms with Crippen LogP contribution in [0, 0.1) is 0 Å². The van der Waals surface area contributed by atoms with Crippen LogP contribution in [0.15, 0.2) is 54.6 Å². The minimum Gasteiger partial charge on any atom is -0.318 e. The van der Waals surface area contributed by atoms with Gasteiger partial charge in [-0.1, -0.05) is 54.1 Å². The Hall–Kier alpha value is -2.90. The number of rotatable bonds is 6. The van der Waals surface area contributed by atoms with Crippen LogP contribution in [-0.4, -0.2) is 41.3 Å². The van der Waals surface area contributed by atoms with Crippen molar-refractivity contribution >= 4 is 29.4 Å². The summed E-state index contributed by atoms with van der Waals surface area (Å²) in [6.45, 7) is 2.15. The van der Waals surface area contributed by atoms with Gasteiger partial charge in [-0.2, -0.15) is 5.01 Å². The van der Waals surface area contributed by atoms with E-state index in [1.54, 1.807) is 55.3 Å². The number of nitrogens with one attached hydrogen (secondary N) is 2. The van der Waals surface area contributed by atoms with Gasteiger partial charge in [-0.25, -0.2) is 4.79 Å². The third kappa shape index (κ3) is 4.16. The maximum Gasteiger partial charge on any atom is 0.344 e. The number of amides is 4. The molecule has 1 saturated heterocycles. The first kappa shape index (κ1) is 19.9. The first-order chi connectivity index (χ1) is 13.3. The SMILES string of the molecule is CN(CC(=O)NN1C(=O)N[C@](C)(c2ccccc2)C1=O)Cc1ccc(Cl)cc1. The molecule has 2 N–H and O–H groups in total. The molecule has 0 aromatic heterocycles. The second-order valence-corrected chi connectivity index (χ2v) is 7.33. The van der Waals surface area contributed by atoms with Gasteiger partial charge in [-0.15, -0.1) is 0 Å². The number of hydrogen-bond donors (Lipinski definition) is 2. The van der Waals surface area contributed by atoms with Crippen LogP contribution in [0.25, 0.3) is 0 Å². The minimum atomic E-state index is -1.22. The number of carbonyl (C=O) groups is 3. The molecule has 2 aromatic carbocycles. The molecular formula is C20H21ClN4O3. The van der Waals surface area contributed by atoms with E-state index in [9.17, 15) is 14.4 Å². The highest BCUT2D eigenvalue weighted by molar-refractivity contribution is 6.30. The minimum absolute atomic E-state index is 0.0156. The van der Waals surface area contributed by atoms with E-state index in [0.29, 0.717) is 17.1 Å². The molecule has 0 saturated carbocycles. The standard InChI is InChI=1S/C20H21ClN4O3/c1-20(15-6-4-3-5-7-15)18(27)25(19(28)22-20)23-17(26)13-24(2)12-14-8-10-16(21)11-9-14/h3-11H,12-13H2,1-2H3,(H,22,28)(H,23,26)/t20-/m1/s1. The van der Waals surface area contributed by atoms with Crippen LogP contribution in [0.4, 0.5) is 4.79 Å². The Morgan fingerprint density at radius 1 is 1.14 bits per heavy atom. The molecule has 1 aliphatic rings. The van der Waals surface area contributed by atoms with Crippen molar-refractivity contribution in [1.82, 2.24) is 20.7 Å². The molecule has 8 heteroatoms.